The van der Waals surface area contributed by atoms with Crippen LogP contribution in [0.25, 0.3) is 11.1 Å². The summed E-state index contributed by atoms with van der Waals surface area (Å²) in [5.41, 5.74) is -0.0722. The molecule has 0 spiro atoms. The van der Waals surface area contributed by atoms with E-state index < -0.39 is 11.4 Å². The maximum atomic E-state index is 12.5. The average Bonchev–Trinajstić information content (AvgIpc) is 2.66. The van der Waals surface area contributed by atoms with E-state index in [1.54, 1.807) is 39.0 Å². The number of hydrogen-bond donors (Lipinski definition) is 1. The van der Waals surface area contributed by atoms with Gasteiger partial charge in [-0.15, -0.1) is 0 Å². The Bertz CT molecular complexity index is 866. The lowest BCUT2D eigenvalue weighted by molar-refractivity contribution is -0.142. The average molecular weight is 390 g/mol. The van der Waals surface area contributed by atoms with Gasteiger partial charge in [0.2, 0.25) is 0 Å². The Balaban J connectivity index is 2.81. The number of rotatable bonds is 6. The van der Waals surface area contributed by atoms with Crippen LogP contribution in [-0.4, -0.2) is 39.5 Å². The number of aromatic hydroxyl groups is 1. The SMILES string of the molecule is COc1cc(O)c(-c2c(OC)cc(OC)cc2OC(=O)C(C)(C)C)c(OC)c1. The van der Waals surface area contributed by atoms with E-state index >= 15 is 0 Å². The molecule has 7 heteroatoms. The van der Waals surface area contributed by atoms with Crippen molar-refractivity contribution in [3.8, 4) is 45.6 Å². The molecule has 0 radical (unpaired) electrons. The number of ether oxygens (including phenoxy) is 5. The van der Waals surface area contributed by atoms with Crippen molar-refractivity contribution in [2.75, 3.05) is 28.4 Å². The number of methoxy groups -OCH3 is 4. The summed E-state index contributed by atoms with van der Waals surface area (Å²) in [6.45, 7) is 5.24. The zero-order chi connectivity index (χ0) is 21.1. The first-order valence-corrected chi connectivity index (χ1v) is 8.59. The maximum absolute atomic E-state index is 12.5. The molecule has 0 bridgehead atoms. The van der Waals surface area contributed by atoms with Crippen molar-refractivity contribution in [2.24, 2.45) is 5.41 Å². The van der Waals surface area contributed by atoms with Crippen LogP contribution in [0.3, 0.4) is 0 Å². The topological polar surface area (TPSA) is 83.5 Å². The van der Waals surface area contributed by atoms with Crippen molar-refractivity contribution in [3.63, 3.8) is 0 Å². The van der Waals surface area contributed by atoms with Crippen molar-refractivity contribution < 1.29 is 33.6 Å². The predicted molar refractivity (Wildman–Crippen MR) is 105 cm³/mol. The molecule has 0 aliphatic rings. The third-order valence-corrected chi connectivity index (χ3v) is 4.07. The lowest BCUT2D eigenvalue weighted by Gasteiger charge is -2.22. The minimum Gasteiger partial charge on any atom is -0.507 e. The lowest BCUT2D eigenvalue weighted by atomic mass is 9.96. The highest BCUT2D eigenvalue weighted by Gasteiger charge is 2.29. The molecular weight excluding hydrogens is 364 g/mol. The minimum atomic E-state index is -0.736. The second-order valence-electron chi connectivity index (χ2n) is 7.07. The quantitative estimate of drug-likeness (QED) is 0.588. The molecule has 0 saturated heterocycles. The smallest absolute Gasteiger partial charge is 0.316 e. The summed E-state index contributed by atoms with van der Waals surface area (Å²) >= 11 is 0. The highest BCUT2D eigenvalue weighted by molar-refractivity contribution is 5.89. The molecular formula is C21H26O7. The van der Waals surface area contributed by atoms with E-state index in [-0.39, 0.29) is 11.5 Å². The first-order valence-electron chi connectivity index (χ1n) is 8.59. The van der Waals surface area contributed by atoms with Gasteiger partial charge in [0, 0.05) is 24.3 Å². The molecule has 2 aromatic rings. The number of benzene rings is 2. The number of phenols is 1. The molecule has 0 fully saturated rings. The highest BCUT2D eigenvalue weighted by atomic mass is 16.5. The normalized spacial score (nSPS) is 11.0. The molecule has 0 amide bonds. The molecule has 2 rings (SSSR count). The van der Waals surface area contributed by atoms with Gasteiger partial charge in [0.25, 0.3) is 0 Å². The van der Waals surface area contributed by atoms with Gasteiger partial charge in [-0.2, -0.15) is 0 Å². The summed E-state index contributed by atoms with van der Waals surface area (Å²) < 4.78 is 27.1. The fourth-order valence-corrected chi connectivity index (χ4v) is 2.53. The van der Waals surface area contributed by atoms with E-state index in [0.29, 0.717) is 34.1 Å². The molecule has 0 atom stereocenters. The molecule has 2 aromatic carbocycles. The summed E-state index contributed by atoms with van der Waals surface area (Å²) in [6.07, 6.45) is 0. The minimum absolute atomic E-state index is 0.118. The van der Waals surface area contributed by atoms with Crippen LogP contribution in [0.15, 0.2) is 24.3 Å². The van der Waals surface area contributed by atoms with Gasteiger partial charge in [0.1, 0.15) is 34.5 Å². The molecule has 7 nitrogen and oxygen atoms in total. The summed E-state index contributed by atoms with van der Waals surface area (Å²) in [4.78, 5) is 12.5. The first-order chi connectivity index (χ1) is 13.2. The molecule has 0 unspecified atom stereocenters. The third kappa shape index (κ3) is 4.24. The molecule has 1 N–H and O–H groups in total. The van der Waals surface area contributed by atoms with E-state index in [9.17, 15) is 9.90 Å². The monoisotopic (exact) mass is 390 g/mol. The van der Waals surface area contributed by atoms with Crippen molar-refractivity contribution in [2.45, 2.75) is 20.8 Å². The Kier molecular flexibility index (Phi) is 6.28. The van der Waals surface area contributed by atoms with Gasteiger partial charge in [-0.1, -0.05) is 0 Å². The van der Waals surface area contributed by atoms with Crippen LogP contribution < -0.4 is 23.7 Å². The van der Waals surface area contributed by atoms with Crippen LogP contribution in [0, 0.1) is 5.41 Å². The zero-order valence-corrected chi connectivity index (χ0v) is 17.2. The van der Waals surface area contributed by atoms with Gasteiger partial charge in [0.15, 0.2) is 0 Å². The number of carbonyl (C=O) groups excluding carboxylic acids is 1. The number of esters is 1. The molecule has 0 aliphatic heterocycles. The van der Waals surface area contributed by atoms with Crippen LogP contribution in [-0.2, 0) is 4.79 Å². The van der Waals surface area contributed by atoms with Gasteiger partial charge >= 0.3 is 5.97 Å². The fraction of sp³-hybridized carbons (Fsp3) is 0.381. The lowest BCUT2D eigenvalue weighted by Crippen LogP contribution is -2.25. The second kappa shape index (κ2) is 8.29. The van der Waals surface area contributed by atoms with Crippen molar-refractivity contribution in [1.82, 2.24) is 0 Å². The largest absolute Gasteiger partial charge is 0.507 e. The molecule has 152 valence electrons. The van der Waals surface area contributed by atoms with Crippen molar-refractivity contribution >= 4 is 5.97 Å². The highest BCUT2D eigenvalue weighted by Crippen LogP contribution is 2.50. The van der Waals surface area contributed by atoms with E-state index in [4.69, 9.17) is 23.7 Å². The standard InChI is InChI=1S/C21H26O7/c1-21(2,3)20(23)28-17-11-13(25-5)10-16(27-7)19(17)18-14(22)8-12(24-4)9-15(18)26-6/h8-11,22H,1-7H3. The van der Waals surface area contributed by atoms with E-state index in [0.717, 1.165) is 0 Å². The van der Waals surface area contributed by atoms with Gasteiger partial charge in [0.05, 0.1) is 45.0 Å². The Labute approximate surface area is 164 Å². The third-order valence-electron chi connectivity index (χ3n) is 4.07. The fourth-order valence-electron chi connectivity index (χ4n) is 2.53. The molecule has 0 aliphatic carbocycles. The van der Waals surface area contributed by atoms with Gasteiger partial charge in [-0.05, 0) is 20.8 Å². The summed E-state index contributed by atoms with van der Waals surface area (Å²) in [7, 11) is 5.92. The van der Waals surface area contributed by atoms with Gasteiger partial charge in [-0.25, -0.2) is 0 Å². The summed E-state index contributed by atoms with van der Waals surface area (Å²) in [6, 6.07) is 6.25. The van der Waals surface area contributed by atoms with Crippen LogP contribution >= 0.6 is 0 Å². The number of phenolic OH excluding ortho intramolecular Hbond substituents is 1. The molecule has 28 heavy (non-hydrogen) atoms. The number of carbonyl (C=O) groups is 1. The first kappa shape index (κ1) is 21.2. The predicted octanol–water partition coefficient (Wildman–Crippen LogP) is 4.05. The van der Waals surface area contributed by atoms with E-state index in [1.807, 2.05) is 0 Å². The Morgan fingerprint density at radius 2 is 1.21 bits per heavy atom. The van der Waals surface area contributed by atoms with Crippen LogP contribution in [0.2, 0.25) is 0 Å². The van der Waals surface area contributed by atoms with Crippen LogP contribution in [0.5, 0.6) is 34.5 Å². The number of hydrogen-bond acceptors (Lipinski definition) is 7. The molecule has 0 aromatic heterocycles. The Hall–Kier alpha value is -3.09. The van der Waals surface area contributed by atoms with E-state index in [2.05, 4.69) is 0 Å². The van der Waals surface area contributed by atoms with Crippen molar-refractivity contribution in [3.05, 3.63) is 24.3 Å². The molecule has 0 saturated carbocycles. The summed E-state index contributed by atoms with van der Waals surface area (Å²) in [5, 5.41) is 10.7. The zero-order valence-electron chi connectivity index (χ0n) is 17.2. The Morgan fingerprint density at radius 3 is 1.68 bits per heavy atom. The van der Waals surface area contributed by atoms with Crippen molar-refractivity contribution in [1.29, 1.82) is 0 Å². The van der Waals surface area contributed by atoms with E-state index in [1.165, 1.54) is 34.5 Å². The Morgan fingerprint density at radius 1 is 0.750 bits per heavy atom. The maximum Gasteiger partial charge on any atom is 0.316 e. The summed E-state index contributed by atoms with van der Waals surface area (Å²) in [5.74, 6) is 1.13. The van der Waals surface area contributed by atoms with Gasteiger partial charge in [-0.3, -0.25) is 4.79 Å². The van der Waals surface area contributed by atoms with Crippen LogP contribution in [0.1, 0.15) is 20.8 Å². The van der Waals surface area contributed by atoms with Gasteiger partial charge < -0.3 is 28.8 Å². The molecule has 0 heterocycles. The van der Waals surface area contributed by atoms with Crippen LogP contribution in [0.4, 0.5) is 0 Å². The second-order valence-corrected chi connectivity index (χ2v) is 7.07.